The van der Waals surface area contributed by atoms with Gasteiger partial charge in [-0.3, -0.25) is 4.79 Å². The minimum Gasteiger partial charge on any atom is -0.357 e. The molecule has 1 aromatic carbocycles. The lowest BCUT2D eigenvalue weighted by atomic mass is 10.2. The lowest BCUT2D eigenvalue weighted by Gasteiger charge is -2.05. The van der Waals surface area contributed by atoms with Gasteiger partial charge in [-0.2, -0.15) is 8.75 Å². The molecule has 3 rings (SSSR count). The molecule has 5 nitrogen and oxygen atoms in total. The fraction of sp³-hybridized carbons (Fsp3) is 0.100. The molecule has 1 aliphatic rings. The molecule has 0 fully saturated rings. The van der Waals surface area contributed by atoms with Crippen LogP contribution in [0.4, 0.5) is 5.69 Å². The maximum absolute atomic E-state index is 11.0. The minimum atomic E-state index is -0.0566. The van der Waals surface area contributed by atoms with E-state index in [9.17, 15) is 4.79 Å². The van der Waals surface area contributed by atoms with E-state index in [1.54, 1.807) is 6.08 Å². The quantitative estimate of drug-likeness (QED) is 0.814. The summed E-state index contributed by atoms with van der Waals surface area (Å²) in [4.78, 5) is 11.0. The van der Waals surface area contributed by atoms with Gasteiger partial charge in [-0.1, -0.05) is 0 Å². The van der Waals surface area contributed by atoms with Gasteiger partial charge in [0.2, 0.25) is 5.91 Å². The van der Waals surface area contributed by atoms with Gasteiger partial charge in [0.25, 0.3) is 0 Å². The molecule has 6 heteroatoms. The molecule has 0 atom stereocenters. The van der Waals surface area contributed by atoms with Crippen molar-refractivity contribution in [1.29, 1.82) is 0 Å². The smallest absolute Gasteiger partial charge is 0.246 e. The topological polar surface area (TPSA) is 66.9 Å². The highest BCUT2D eigenvalue weighted by Gasteiger charge is 2.10. The first kappa shape index (κ1) is 9.29. The van der Waals surface area contributed by atoms with E-state index in [0.29, 0.717) is 6.54 Å². The number of fused-ring (bicyclic) bond motifs is 1. The van der Waals surface area contributed by atoms with E-state index in [1.807, 2.05) is 18.2 Å². The summed E-state index contributed by atoms with van der Waals surface area (Å²) in [6, 6.07) is 5.75. The second kappa shape index (κ2) is 3.57. The van der Waals surface area contributed by atoms with Gasteiger partial charge >= 0.3 is 0 Å². The van der Waals surface area contributed by atoms with E-state index >= 15 is 0 Å². The standard InChI is InChI=1S/C10H8N4OS/c15-10-4-7(5-11-10)12-6-1-2-8-9(3-6)14-16-13-8/h1-4,12H,5H2,(H,11,15). The van der Waals surface area contributed by atoms with Crippen molar-refractivity contribution in [3.05, 3.63) is 30.0 Å². The Labute approximate surface area is 95.5 Å². The maximum atomic E-state index is 11.0. The molecule has 80 valence electrons. The number of nitrogens with zero attached hydrogens (tertiary/aromatic N) is 2. The molecule has 2 aromatic rings. The van der Waals surface area contributed by atoms with Crippen molar-refractivity contribution < 1.29 is 4.79 Å². The Bertz CT molecular complexity index is 589. The summed E-state index contributed by atoms with van der Waals surface area (Å²) >= 11 is 1.20. The van der Waals surface area contributed by atoms with Crippen LogP contribution in [0.2, 0.25) is 0 Å². The summed E-state index contributed by atoms with van der Waals surface area (Å²) in [6.07, 6.45) is 1.56. The van der Waals surface area contributed by atoms with Crippen molar-refractivity contribution in [1.82, 2.24) is 14.1 Å². The molecule has 2 heterocycles. The molecule has 0 unspecified atom stereocenters. The van der Waals surface area contributed by atoms with Gasteiger partial charge in [0.1, 0.15) is 11.0 Å². The molecule has 0 aliphatic carbocycles. The second-order valence-corrected chi connectivity index (χ2v) is 4.01. The van der Waals surface area contributed by atoms with Crippen LogP contribution in [0.25, 0.3) is 11.0 Å². The Kier molecular flexibility index (Phi) is 2.07. The number of nitrogens with one attached hydrogen (secondary N) is 2. The van der Waals surface area contributed by atoms with Gasteiger partial charge in [0, 0.05) is 17.5 Å². The monoisotopic (exact) mass is 232 g/mol. The third-order valence-electron chi connectivity index (χ3n) is 2.32. The number of carbonyl (C=O) groups excluding carboxylic acids is 1. The Morgan fingerprint density at radius 2 is 2.19 bits per heavy atom. The van der Waals surface area contributed by atoms with Gasteiger partial charge in [-0.25, -0.2) is 0 Å². The lowest BCUT2D eigenvalue weighted by molar-refractivity contribution is -0.115. The number of hydrogen-bond acceptors (Lipinski definition) is 5. The fourth-order valence-electron chi connectivity index (χ4n) is 1.57. The Morgan fingerprint density at radius 1 is 1.31 bits per heavy atom. The van der Waals surface area contributed by atoms with Crippen molar-refractivity contribution in [2.45, 2.75) is 0 Å². The molecular weight excluding hydrogens is 224 g/mol. The molecule has 0 saturated heterocycles. The highest BCUT2D eigenvalue weighted by Crippen LogP contribution is 2.18. The summed E-state index contributed by atoms with van der Waals surface area (Å²) in [5.41, 5.74) is 3.55. The Hall–Kier alpha value is -1.95. The van der Waals surface area contributed by atoms with Gasteiger partial charge in [0.05, 0.1) is 18.3 Å². The first-order chi connectivity index (χ1) is 7.81. The largest absolute Gasteiger partial charge is 0.357 e. The normalized spacial score (nSPS) is 15.0. The van der Waals surface area contributed by atoms with E-state index in [2.05, 4.69) is 19.4 Å². The zero-order valence-corrected chi connectivity index (χ0v) is 9.04. The molecule has 1 amide bonds. The molecule has 2 N–H and O–H groups in total. The molecule has 1 aliphatic heterocycles. The van der Waals surface area contributed by atoms with Crippen LogP contribution in [0.1, 0.15) is 0 Å². The van der Waals surface area contributed by atoms with Crippen LogP contribution in [0.15, 0.2) is 30.0 Å². The first-order valence-electron chi connectivity index (χ1n) is 4.79. The van der Waals surface area contributed by atoms with Crippen LogP contribution in [0.3, 0.4) is 0 Å². The van der Waals surface area contributed by atoms with E-state index in [1.165, 1.54) is 11.7 Å². The summed E-state index contributed by atoms with van der Waals surface area (Å²) in [5.74, 6) is -0.0566. The molecule has 1 aromatic heterocycles. The van der Waals surface area contributed by atoms with Crippen LogP contribution in [-0.2, 0) is 4.79 Å². The van der Waals surface area contributed by atoms with Crippen molar-refractivity contribution in [2.24, 2.45) is 0 Å². The summed E-state index contributed by atoms with van der Waals surface area (Å²) < 4.78 is 8.28. The highest BCUT2D eigenvalue weighted by molar-refractivity contribution is 7.00. The molecule has 16 heavy (non-hydrogen) atoms. The minimum absolute atomic E-state index is 0.0566. The van der Waals surface area contributed by atoms with Crippen molar-refractivity contribution in [3.63, 3.8) is 0 Å². The number of benzene rings is 1. The first-order valence-corrected chi connectivity index (χ1v) is 5.52. The van der Waals surface area contributed by atoms with E-state index < -0.39 is 0 Å². The van der Waals surface area contributed by atoms with Crippen LogP contribution in [-0.4, -0.2) is 21.2 Å². The number of rotatable bonds is 2. The van der Waals surface area contributed by atoms with E-state index in [-0.39, 0.29) is 5.91 Å². The van der Waals surface area contributed by atoms with Gasteiger partial charge in [-0.05, 0) is 18.2 Å². The van der Waals surface area contributed by atoms with Crippen LogP contribution in [0, 0.1) is 0 Å². The summed E-state index contributed by atoms with van der Waals surface area (Å²) in [7, 11) is 0. The van der Waals surface area contributed by atoms with E-state index in [0.717, 1.165) is 22.4 Å². The van der Waals surface area contributed by atoms with Gasteiger partial charge < -0.3 is 10.6 Å². The zero-order chi connectivity index (χ0) is 11.0. The van der Waals surface area contributed by atoms with Crippen molar-refractivity contribution in [3.8, 4) is 0 Å². The van der Waals surface area contributed by atoms with Crippen molar-refractivity contribution >= 4 is 34.4 Å². The average molecular weight is 232 g/mol. The molecule has 0 radical (unpaired) electrons. The van der Waals surface area contributed by atoms with Gasteiger partial charge in [0.15, 0.2) is 0 Å². The van der Waals surface area contributed by atoms with Crippen LogP contribution < -0.4 is 10.6 Å². The van der Waals surface area contributed by atoms with Crippen molar-refractivity contribution in [2.75, 3.05) is 11.9 Å². The Balaban J connectivity index is 1.89. The summed E-state index contributed by atoms with van der Waals surface area (Å²) in [6.45, 7) is 0.548. The second-order valence-electron chi connectivity index (χ2n) is 3.48. The highest BCUT2D eigenvalue weighted by atomic mass is 32.1. The van der Waals surface area contributed by atoms with Gasteiger partial charge in [-0.15, -0.1) is 0 Å². The molecule has 0 bridgehead atoms. The third kappa shape index (κ3) is 1.63. The molecule has 0 saturated carbocycles. The maximum Gasteiger partial charge on any atom is 0.246 e. The number of anilines is 1. The lowest BCUT2D eigenvalue weighted by Crippen LogP contribution is -2.16. The average Bonchev–Trinajstić information content (AvgIpc) is 2.87. The Morgan fingerprint density at radius 3 is 3.00 bits per heavy atom. The van der Waals surface area contributed by atoms with E-state index in [4.69, 9.17) is 0 Å². The fourth-order valence-corrected chi connectivity index (χ4v) is 2.09. The number of hydrogen-bond donors (Lipinski definition) is 2. The molecular formula is C10H8N4OS. The predicted octanol–water partition coefficient (Wildman–Crippen LogP) is 1.12. The SMILES string of the molecule is O=C1C=C(Nc2ccc3nsnc3c2)CN1. The number of amides is 1. The summed E-state index contributed by atoms with van der Waals surface area (Å²) in [5, 5.41) is 5.87. The zero-order valence-electron chi connectivity index (χ0n) is 8.23. The third-order valence-corrected chi connectivity index (χ3v) is 2.87. The number of carbonyl (C=O) groups is 1. The number of aromatic nitrogens is 2. The van der Waals surface area contributed by atoms with Crippen LogP contribution in [0.5, 0.6) is 0 Å². The predicted molar refractivity (Wildman–Crippen MR) is 62.1 cm³/mol. The molecule has 0 spiro atoms. The van der Waals surface area contributed by atoms with Crippen LogP contribution >= 0.6 is 11.7 Å².